The van der Waals surface area contributed by atoms with E-state index in [0.29, 0.717) is 24.9 Å². The number of amides is 2. The fraction of sp³-hybridized carbons (Fsp3) is 0.316. The van der Waals surface area contributed by atoms with Crippen LogP contribution in [0.25, 0.3) is 0 Å². The lowest BCUT2D eigenvalue weighted by Gasteiger charge is -2.12. The van der Waals surface area contributed by atoms with Crippen LogP contribution in [-0.4, -0.2) is 23.3 Å². The van der Waals surface area contributed by atoms with Gasteiger partial charge in [-0.1, -0.05) is 18.2 Å². The minimum atomic E-state index is -0.120. The van der Waals surface area contributed by atoms with Gasteiger partial charge in [0.15, 0.2) is 0 Å². The third kappa shape index (κ3) is 4.91. The summed E-state index contributed by atoms with van der Waals surface area (Å²) >= 11 is 0. The van der Waals surface area contributed by atoms with Crippen molar-refractivity contribution in [3.05, 3.63) is 58.9 Å². The first kappa shape index (κ1) is 17.7. The van der Waals surface area contributed by atoms with Gasteiger partial charge in [-0.2, -0.15) is 0 Å². The number of nitrogens with one attached hydrogen (secondary N) is 2. The van der Waals surface area contributed by atoms with Crippen LogP contribution in [0.15, 0.2) is 36.4 Å². The van der Waals surface area contributed by atoms with Crippen molar-refractivity contribution in [1.29, 1.82) is 0 Å². The van der Waals surface area contributed by atoms with E-state index >= 15 is 0 Å². The largest absolute Gasteiger partial charge is 0.352 e. The van der Waals surface area contributed by atoms with Gasteiger partial charge in [0.1, 0.15) is 0 Å². The summed E-state index contributed by atoms with van der Waals surface area (Å²) in [5, 5.41) is 5.73. The molecule has 0 aliphatic heterocycles. The second-order valence-electron chi connectivity index (χ2n) is 5.81. The molecule has 126 valence electrons. The van der Waals surface area contributed by atoms with Crippen LogP contribution in [0.3, 0.4) is 0 Å². The average molecular weight is 325 g/mol. The normalized spacial score (nSPS) is 10.3. The van der Waals surface area contributed by atoms with E-state index in [1.54, 1.807) is 12.1 Å². The van der Waals surface area contributed by atoms with E-state index in [2.05, 4.69) is 15.6 Å². The molecule has 0 saturated heterocycles. The highest BCUT2D eigenvalue weighted by molar-refractivity contribution is 5.94. The zero-order valence-corrected chi connectivity index (χ0v) is 14.3. The van der Waals surface area contributed by atoms with Crippen molar-refractivity contribution in [2.24, 2.45) is 0 Å². The molecule has 0 radical (unpaired) electrons. The Kier molecular flexibility index (Phi) is 6.07. The molecule has 0 aliphatic rings. The molecule has 1 aromatic heterocycles. The van der Waals surface area contributed by atoms with Gasteiger partial charge >= 0.3 is 0 Å². The first-order valence-corrected chi connectivity index (χ1v) is 8.05. The maximum atomic E-state index is 12.1. The van der Waals surface area contributed by atoms with Crippen LogP contribution in [0.1, 0.15) is 40.2 Å². The van der Waals surface area contributed by atoms with Crippen LogP contribution in [0.4, 0.5) is 5.69 Å². The van der Waals surface area contributed by atoms with Crippen LogP contribution in [0.2, 0.25) is 0 Å². The number of carbonyl (C=O) groups is 2. The predicted molar refractivity (Wildman–Crippen MR) is 95.1 cm³/mol. The van der Waals surface area contributed by atoms with Crippen LogP contribution in [-0.2, 0) is 4.79 Å². The van der Waals surface area contributed by atoms with E-state index in [-0.39, 0.29) is 11.8 Å². The molecular formula is C19H23N3O2. The van der Waals surface area contributed by atoms with Crippen molar-refractivity contribution >= 4 is 17.5 Å². The summed E-state index contributed by atoms with van der Waals surface area (Å²) in [5.74, 6) is -0.189. The van der Waals surface area contributed by atoms with Crippen molar-refractivity contribution in [3.63, 3.8) is 0 Å². The summed E-state index contributed by atoms with van der Waals surface area (Å²) in [6.07, 6.45) is 0.934. The molecule has 1 aromatic carbocycles. The lowest BCUT2D eigenvalue weighted by Crippen LogP contribution is -2.25. The smallest absolute Gasteiger partial charge is 0.251 e. The molecule has 2 amide bonds. The van der Waals surface area contributed by atoms with Gasteiger partial charge < -0.3 is 10.6 Å². The van der Waals surface area contributed by atoms with Gasteiger partial charge in [-0.3, -0.25) is 14.6 Å². The minimum Gasteiger partial charge on any atom is -0.352 e. The molecule has 0 saturated carbocycles. The summed E-state index contributed by atoms with van der Waals surface area (Å²) in [5.41, 5.74) is 4.16. The van der Waals surface area contributed by atoms with Crippen LogP contribution in [0, 0.1) is 20.8 Å². The maximum Gasteiger partial charge on any atom is 0.251 e. The number of hydrogen-bond acceptors (Lipinski definition) is 3. The Hall–Kier alpha value is -2.69. The quantitative estimate of drug-likeness (QED) is 0.802. The fourth-order valence-electron chi connectivity index (χ4n) is 2.56. The Morgan fingerprint density at radius 2 is 1.79 bits per heavy atom. The molecule has 1 heterocycles. The number of carbonyl (C=O) groups excluding carboxylic acids is 2. The number of aromatic nitrogens is 1. The number of nitrogens with zero attached hydrogens (tertiary/aromatic N) is 1. The van der Waals surface area contributed by atoms with Crippen LogP contribution in [0.5, 0.6) is 0 Å². The molecule has 0 spiro atoms. The minimum absolute atomic E-state index is 0.0687. The van der Waals surface area contributed by atoms with Gasteiger partial charge in [-0.05, 0) is 51.0 Å². The number of anilines is 1. The monoisotopic (exact) mass is 325 g/mol. The van der Waals surface area contributed by atoms with E-state index in [1.165, 1.54) is 0 Å². The van der Waals surface area contributed by atoms with Gasteiger partial charge in [-0.15, -0.1) is 0 Å². The molecule has 0 unspecified atom stereocenters. The standard InChI is InChI=1S/C19H23N3O2/c1-13-12-14(2)21-15(3)18(13)22-17(23)10-7-11-20-19(24)16-8-5-4-6-9-16/h4-6,8-9,12H,7,10-11H2,1-3H3,(H,20,24)(H,22,23). The van der Waals surface area contributed by atoms with E-state index in [4.69, 9.17) is 0 Å². The number of rotatable bonds is 6. The lowest BCUT2D eigenvalue weighted by atomic mass is 10.1. The summed E-state index contributed by atoms with van der Waals surface area (Å²) < 4.78 is 0. The van der Waals surface area contributed by atoms with E-state index in [0.717, 1.165) is 22.6 Å². The number of hydrogen-bond donors (Lipinski definition) is 2. The third-order valence-corrected chi connectivity index (χ3v) is 3.69. The number of benzene rings is 1. The lowest BCUT2D eigenvalue weighted by molar-refractivity contribution is -0.116. The fourth-order valence-corrected chi connectivity index (χ4v) is 2.56. The summed E-state index contributed by atoms with van der Waals surface area (Å²) in [6.45, 7) is 6.24. The SMILES string of the molecule is Cc1cc(C)c(NC(=O)CCCNC(=O)c2ccccc2)c(C)n1. The molecule has 0 fully saturated rings. The molecule has 5 nitrogen and oxygen atoms in total. The average Bonchev–Trinajstić information content (AvgIpc) is 2.55. The Morgan fingerprint density at radius 3 is 2.46 bits per heavy atom. The summed E-state index contributed by atoms with van der Waals surface area (Å²) in [7, 11) is 0. The molecule has 0 atom stereocenters. The first-order chi connectivity index (χ1) is 11.5. The van der Waals surface area contributed by atoms with Crippen molar-refractivity contribution in [3.8, 4) is 0 Å². The molecule has 0 bridgehead atoms. The van der Waals surface area contributed by atoms with Gasteiger partial charge in [-0.25, -0.2) is 0 Å². The van der Waals surface area contributed by atoms with E-state index < -0.39 is 0 Å². The van der Waals surface area contributed by atoms with Gasteiger partial charge in [0.2, 0.25) is 5.91 Å². The molecule has 2 N–H and O–H groups in total. The van der Waals surface area contributed by atoms with Crippen molar-refractivity contribution in [2.75, 3.05) is 11.9 Å². The molecule has 24 heavy (non-hydrogen) atoms. The Bertz CT molecular complexity index is 704. The molecule has 2 rings (SSSR count). The van der Waals surface area contributed by atoms with Gasteiger partial charge in [0, 0.05) is 24.2 Å². The molecule has 5 heteroatoms. The van der Waals surface area contributed by atoms with Crippen LogP contribution < -0.4 is 10.6 Å². The van der Waals surface area contributed by atoms with Gasteiger partial charge in [0.05, 0.1) is 11.4 Å². The van der Waals surface area contributed by atoms with E-state index in [1.807, 2.05) is 45.0 Å². The van der Waals surface area contributed by atoms with Crippen molar-refractivity contribution in [1.82, 2.24) is 10.3 Å². The number of aryl methyl sites for hydroxylation is 3. The van der Waals surface area contributed by atoms with Crippen LogP contribution >= 0.6 is 0 Å². The first-order valence-electron chi connectivity index (χ1n) is 8.05. The molecule has 2 aromatic rings. The Labute approximate surface area is 142 Å². The Balaban J connectivity index is 1.77. The zero-order valence-electron chi connectivity index (χ0n) is 14.3. The summed E-state index contributed by atoms with van der Waals surface area (Å²) in [4.78, 5) is 28.3. The maximum absolute atomic E-state index is 12.1. The third-order valence-electron chi connectivity index (χ3n) is 3.69. The highest BCUT2D eigenvalue weighted by Gasteiger charge is 2.09. The van der Waals surface area contributed by atoms with E-state index in [9.17, 15) is 9.59 Å². The van der Waals surface area contributed by atoms with Crippen molar-refractivity contribution < 1.29 is 9.59 Å². The highest BCUT2D eigenvalue weighted by atomic mass is 16.2. The second kappa shape index (κ2) is 8.24. The summed E-state index contributed by atoms with van der Waals surface area (Å²) in [6, 6.07) is 11.0. The second-order valence-corrected chi connectivity index (χ2v) is 5.81. The Morgan fingerprint density at radius 1 is 1.08 bits per heavy atom. The predicted octanol–water partition coefficient (Wildman–Crippen LogP) is 3.16. The van der Waals surface area contributed by atoms with Crippen molar-refractivity contribution in [2.45, 2.75) is 33.6 Å². The topological polar surface area (TPSA) is 71.1 Å². The zero-order chi connectivity index (χ0) is 17.5. The molecule has 0 aliphatic carbocycles. The number of pyridine rings is 1. The highest BCUT2D eigenvalue weighted by Crippen LogP contribution is 2.19. The molecular weight excluding hydrogens is 302 g/mol. The van der Waals surface area contributed by atoms with Gasteiger partial charge in [0.25, 0.3) is 5.91 Å².